The summed E-state index contributed by atoms with van der Waals surface area (Å²) in [5.74, 6) is 0.528. The van der Waals surface area contributed by atoms with Crippen molar-refractivity contribution in [3.8, 4) is 0 Å². The van der Waals surface area contributed by atoms with Crippen LogP contribution in [-0.2, 0) is 20.0 Å². The topological polar surface area (TPSA) is 102 Å². The number of benzene rings is 1. The van der Waals surface area contributed by atoms with Crippen molar-refractivity contribution in [3.63, 3.8) is 0 Å². The van der Waals surface area contributed by atoms with Crippen molar-refractivity contribution in [2.75, 3.05) is 5.32 Å². The van der Waals surface area contributed by atoms with E-state index in [0.29, 0.717) is 11.6 Å². The zero-order valence-electron chi connectivity index (χ0n) is 22.0. The minimum Gasteiger partial charge on any atom is -0.414 e. The Bertz CT molecular complexity index is 1260. The Balaban J connectivity index is 1.57. The summed E-state index contributed by atoms with van der Waals surface area (Å²) in [5.41, 5.74) is 1.55. The second-order valence-corrected chi connectivity index (χ2v) is 18.7. The second-order valence-electron chi connectivity index (χ2n) is 12.3. The molecule has 2 N–H and O–H groups in total. The normalized spacial score (nSPS) is 22.2. The van der Waals surface area contributed by atoms with E-state index < -0.39 is 24.2 Å². The first-order valence-electron chi connectivity index (χ1n) is 12.2. The van der Waals surface area contributed by atoms with Gasteiger partial charge in [0.05, 0.1) is 16.8 Å². The van der Waals surface area contributed by atoms with Gasteiger partial charge in [-0.2, -0.15) is 5.10 Å². The molecule has 8 nitrogen and oxygen atoms in total. The monoisotopic (exact) mass is 518 g/mol. The highest BCUT2D eigenvalue weighted by molar-refractivity contribution is 7.90. The van der Waals surface area contributed by atoms with Gasteiger partial charge in [0.15, 0.2) is 8.32 Å². The summed E-state index contributed by atoms with van der Waals surface area (Å²) >= 11 is 0. The van der Waals surface area contributed by atoms with E-state index in [1.807, 2.05) is 9.40 Å². The number of sulfonamides is 1. The summed E-state index contributed by atoms with van der Waals surface area (Å²) in [6, 6.07) is 6.79. The fourth-order valence-corrected chi connectivity index (χ4v) is 7.06. The lowest BCUT2D eigenvalue weighted by Gasteiger charge is -2.38. The van der Waals surface area contributed by atoms with Gasteiger partial charge in [0, 0.05) is 23.8 Å². The van der Waals surface area contributed by atoms with Crippen LogP contribution in [0.4, 0.5) is 11.5 Å². The number of aromatic nitrogens is 2. The predicted molar refractivity (Wildman–Crippen MR) is 140 cm³/mol. The van der Waals surface area contributed by atoms with Crippen LogP contribution in [0.1, 0.15) is 82.8 Å². The number of nitrogens with zero attached hydrogens (tertiary/aromatic N) is 2. The quantitative estimate of drug-likeness (QED) is 0.509. The average molecular weight is 519 g/mol. The molecule has 2 atom stereocenters. The van der Waals surface area contributed by atoms with Crippen LogP contribution in [0.15, 0.2) is 29.2 Å². The number of hydrogen-bond donors (Lipinski definition) is 2. The third-order valence-electron chi connectivity index (χ3n) is 7.45. The second kappa shape index (κ2) is 8.45. The molecule has 2 heterocycles. The number of carbonyl (C=O) groups excluding carboxylic acids is 1. The molecule has 4 rings (SSSR count). The van der Waals surface area contributed by atoms with Gasteiger partial charge >= 0.3 is 0 Å². The van der Waals surface area contributed by atoms with Crippen LogP contribution in [0.2, 0.25) is 18.1 Å². The summed E-state index contributed by atoms with van der Waals surface area (Å²) in [6.45, 7) is 17.7. The maximum absolute atomic E-state index is 12.1. The molecular weight excluding hydrogens is 480 g/mol. The molecule has 10 heteroatoms. The SMILES string of the molecule is CC(C)(C)n1nc([C@H]2CC[C@@H](O[Si](C)(C)C(C)(C)C)C2)cc1Nc1ccc2c(c1)C(=O)NS2(=O)=O. The van der Waals surface area contributed by atoms with E-state index in [1.54, 1.807) is 12.1 Å². The van der Waals surface area contributed by atoms with Crippen molar-refractivity contribution >= 4 is 35.8 Å². The van der Waals surface area contributed by atoms with Crippen molar-refractivity contribution in [3.05, 3.63) is 35.5 Å². The molecule has 0 spiro atoms. The molecular formula is C25H38N4O4SSi. The largest absolute Gasteiger partial charge is 0.414 e. The van der Waals surface area contributed by atoms with E-state index in [0.717, 1.165) is 30.8 Å². The van der Waals surface area contributed by atoms with Crippen molar-refractivity contribution < 1.29 is 17.6 Å². The van der Waals surface area contributed by atoms with Gasteiger partial charge in [-0.15, -0.1) is 0 Å². The zero-order valence-corrected chi connectivity index (χ0v) is 23.8. The molecule has 35 heavy (non-hydrogen) atoms. The Morgan fingerprint density at radius 1 is 1.11 bits per heavy atom. The van der Waals surface area contributed by atoms with Gasteiger partial charge < -0.3 is 9.74 Å². The standard InChI is InChI=1S/C25H38N4O4SSi/c1-24(2,3)29-22(26-17-10-12-21-19(14-17)23(30)28-34(21,31)32)15-20(27-29)16-9-11-18(13-16)33-35(7,8)25(4,5)6/h10,12,14-16,18,26H,9,11,13H2,1-8H3,(H,28,30)/t16-,18+/m0/s1. The van der Waals surface area contributed by atoms with E-state index >= 15 is 0 Å². The van der Waals surface area contributed by atoms with E-state index in [9.17, 15) is 13.2 Å². The molecule has 1 saturated carbocycles. The van der Waals surface area contributed by atoms with E-state index in [2.05, 4.69) is 66.0 Å². The van der Waals surface area contributed by atoms with Gasteiger partial charge in [-0.05, 0) is 76.4 Å². The number of carbonyl (C=O) groups is 1. The van der Waals surface area contributed by atoms with Crippen molar-refractivity contribution in [2.45, 2.75) is 101 Å². The average Bonchev–Trinajstić information content (AvgIpc) is 3.37. The predicted octanol–water partition coefficient (Wildman–Crippen LogP) is 5.47. The summed E-state index contributed by atoms with van der Waals surface area (Å²) in [6.07, 6.45) is 3.30. The van der Waals surface area contributed by atoms with Crippen molar-refractivity contribution in [1.82, 2.24) is 14.5 Å². The van der Waals surface area contributed by atoms with Crippen LogP contribution in [0.25, 0.3) is 0 Å². The Labute approximate surface area is 210 Å². The molecule has 2 aromatic rings. The number of amides is 1. The van der Waals surface area contributed by atoms with Gasteiger partial charge in [-0.1, -0.05) is 20.8 Å². The lowest BCUT2D eigenvalue weighted by molar-refractivity contribution is 0.0985. The Morgan fingerprint density at radius 2 is 1.80 bits per heavy atom. The van der Waals surface area contributed by atoms with E-state index in [1.165, 1.54) is 6.07 Å². The summed E-state index contributed by atoms with van der Waals surface area (Å²) in [5, 5.41) is 8.54. The first-order chi connectivity index (χ1) is 16.0. The molecule has 0 radical (unpaired) electrons. The van der Waals surface area contributed by atoms with Crippen LogP contribution in [-0.4, -0.2) is 38.5 Å². The molecule has 1 amide bonds. The summed E-state index contributed by atoms with van der Waals surface area (Å²) in [7, 11) is -5.59. The number of anilines is 2. The van der Waals surface area contributed by atoms with Gasteiger partial charge in [0.2, 0.25) is 0 Å². The van der Waals surface area contributed by atoms with Crippen LogP contribution >= 0.6 is 0 Å². The third-order valence-corrected chi connectivity index (χ3v) is 13.4. The van der Waals surface area contributed by atoms with Gasteiger partial charge in [0.1, 0.15) is 10.7 Å². The van der Waals surface area contributed by atoms with E-state index in [-0.39, 0.29) is 27.1 Å². The molecule has 192 valence electrons. The third kappa shape index (κ3) is 5.06. The summed E-state index contributed by atoms with van der Waals surface area (Å²) in [4.78, 5) is 12.1. The molecule has 0 bridgehead atoms. The Morgan fingerprint density at radius 3 is 2.43 bits per heavy atom. The number of fused-ring (bicyclic) bond motifs is 1. The summed E-state index contributed by atoms with van der Waals surface area (Å²) < 4.78 is 34.8. The van der Waals surface area contributed by atoms with Crippen LogP contribution < -0.4 is 10.0 Å². The lowest BCUT2D eigenvalue weighted by Crippen LogP contribution is -2.43. The highest BCUT2D eigenvalue weighted by atomic mass is 32.2. The minimum atomic E-state index is -3.76. The maximum atomic E-state index is 12.1. The molecule has 0 unspecified atom stereocenters. The number of rotatable bonds is 5. The maximum Gasteiger partial charge on any atom is 0.266 e. The molecule has 1 aromatic heterocycles. The fourth-order valence-electron chi connectivity index (χ4n) is 4.51. The van der Waals surface area contributed by atoms with Crippen LogP contribution in [0, 0.1) is 0 Å². The van der Waals surface area contributed by atoms with Gasteiger partial charge in [-0.3, -0.25) is 4.79 Å². The van der Waals surface area contributed by atoms with Gasteiger partial charge in [0.25, 0.3) is 15.9 Å². The first-order valence-corrected chi connectivity index (χ1v) is 16.6. The van der Waals surface area contributed by atoms with Crippen molar-refractivity contribution in [2.24, 2.45) is 0 Å². The van der Waals surface area contributed by atoms with E-state index in [4.69, 9.17) is 9.52 Å². The number of hydrogen-bond acceptors (Lipinski definition) is 6. The fraction of sp³-hybridized carbons (Fsp3) is 0.600. The molecule has 1 aliphatic heterocycles. The Kier molecular flexibility index (Phi) is 6.25. The first kappa shape index (κ1) is 25.9. The zero-order chi connectivity index (χ0) is 26.0. The molecule has 1 aromatic carbocycles. The Hall–Kier alpha value is -2.17. The lowest BCUT2D eigenvalue weighted by atomic mass is 10.0. The molecule has 1 aliphatic carbocycles. The molecule has 0 saturated heterocycles. The number of nitrogens with one attached hydrogen (secondary N) is 2. The smallest absolute Gasteiger partial charge is 0.266 e. The minimum absolute atomic E-state index is 0.0109. The molecule has 2 aliphatic rings. The highest BCUT2D eigenvalue weighted by Gasteiger charge is 2.41. The van der Waals surface area contributed by atoms with Gasteiger partial charge in [-0.25, -0.2) is 17.8 Å². The van der Waals surface area contributed by atoms with Crippen molar-refractivity contribution in [1.29, 1.82) is 0 Å². The van der Waals surface area contributed by atoms with Crippen LogP contribution in [0.5, 0.6) is 0 Å². The van der Waals surface area contributed by atoms with Crippen LogP contribution in [0.3, 0.4) is 0 Å². The molecule has 1 fully saturated rings. The highest BCUT2D eigenvalue weighted by Crippen LogP contribution is 2.43.